The fourth-order valence-corrected chi connectivity index (χ4v) is 3.01. The topological polar surface area (TPSA) is 52.7 Å². The molecule has 96 valence electrons. The molecule has 1 fully saturated rings. The van der Waals surface area contributed by atoms with E-state index in [-0.39, 0.29) is 11.8 Å². The molecular weight excluding hydrogens is 226 g/mol. The zero-order chi connectivity index (χ0) is 12.2. The molecule has 0 aromatic carbocycles. The molecule has 0 aromatic rings. The van der Waals surface area contributed by atoms with Gasteiger partial charge in [-0.2, -0.15) is 0 Å². The minimum Gasteiger partial charge on any atom is -0.303 e. The molecule has 1 atom stereocenters. The Bertz CT molecular complexity index is 305. The van der Waals surface area contributed by atoms with Crippen LogP contribution in [0.1, 0.15) is 13.3 Å². The lowest BCUT2D eigenvalue weighted by Gasteiger charge is -2.37. The highest BCUT2D eigenvalue weighted by Crippen LogP contribution is 2.05. The SMILES string of the molecule is CCCS(=O)(=O)NCC1CN(C)CCN1C. The van der Waals surface area contributed by atoms with Crippen molar-refractivity contribution in [3.8, 4) is 0 Å². The van der Waals surface area contributed by atoms with E-state index in [0.717, 1.165) is 19.6 Å². The summed E-state index contributed by atoms with van der Waals surface area (Å²) < 4.78 is 25.7. The normalized spacial score (nSPS) is 24.8. The minimum absolute atomic E-state index is 0.222. The van der Waals surface area contributed by atoms with Crippen LogP contribution in [0.25, 0.3) is 0 Å². The number of sulfonamides is 1. The van der Waals surface area contributed by atoms with Crippen LogP contribution in [-0.2, 0) is 10.0 Å². The lowest BCUT2D eigenvalue weighted by Crippen LogP contribution is -2.54. The number of hydrogen-bond acceptors (Lipinski definition) is 4. The van der Waals surface area contributed by atoms with E-state index in [9.17, 15) is 8.42 Å². The molecule has 1 aliphatic heterocycles. The predicted octanol–water partition coefficient (Wildman–Crippen LogP) is -0.438. The van der Waals surface area contributed by atoms with Crippen LogP contribution in [0.4, 0.5) is 0 Å². The van der Waals surface area contributed by atoms with Gasteiger partial charge in [0, 0.05) is 32.2 Å². The van der Waals surface area contributed by atoms with Gasteiger partial charge in [-0.25, -0.2) is 13.1 Å². The second kappa shape index (κ2) is 5.95. The summed E-state index contributed by atoms with van der Waals surface area (Å²) in [5.41, 5.74) is 0. The van der Waals surface area contributed by atoms with Crippen LogP contribution in [0.5, 0.6) is 0 Å². The predicted molar refractivity (Wildman–Crippen MR) is 66.0 cm³/mol. The lowest BCUT2D eigenvalue weighted by atomic mass is 10.2. The smallest absolute Gasteiger partial charge is 0.211 e. The first kappa shape index (κ1) is 13.9. The van der Waals surface area contributed by atoms with Crippen LogP contribution in [0.3, 0.4) is 0 Å². The number of nitrogens with zero attached hydrogens (tertiary/aromatic N) is 2. The highest BCUT2D eigenvalue weighted by Gasteiger charge is 2.23. The molecule has 1 saturated heterocycles. The highest BCUT2D eigenvalue weighted by atomic mass is 32.2. The molecule has 0 aliphatic carbocycles. The van der Waals surface area contributed by atoms with Gasteiger partial charge in [-0.3, -0.25) is 4.90 Å². The van der Waals surface area contributed by atoms with Gasteiger partial charge in [0.25, 0.3) is 0 Å². The van der Waals surface area contributed by atoms with Crippen LogP contribution in [0, 0.1) is 0 Å². The van der Waals surface area contributed by atoms with Gasteiger partial charge in [-0.15, -0.1) is 0 Å². The summed E-state index contributed by atoms with van der Waals surface area (Å²) in [6.45, 7) is 5.36. The van der Waals surface area contributed by atoms with Crippen molar-refractivity contribution in [1.29, 1.82) is 0 Å². The molecule has 0 radical (unpaired) electrons. The molecule has 0 spiro atoms. The standard InChI is InChI=1S/C10H23N3O2S/c1-4-7-16(14,15)11-8-10-9-12(2)5-6-13(10)3/h10-11H,4-9H2,1-3H3. The second-order valence-electron chi connectivity index (χ2n) is 4.56. The summed E-state index contributed by atoms with van der Waals surface area (Å²) in [4.78, 5) is 4.45. The monoisotopic (exact) mass is 249 g/mol. The van der Waals surface area contributed by atoms with Gasteiger partial charge in [0.1, 0.15) is 0 Å². The average Bonchev–Trinajstić information content (AvgIpc) is 2.19. The van der Waals surface area contributed by atoms with Crippen LogP contribution in [-0.4, -0.2) is 70.3 Å². The van der Waals surface area contributed by atoms with Gasteiger partial charge >= 0.3 is 0 Å². The molecule has 16 heavy (non-hydrogen) atoms. The fourth-order valence-electron chi connectivity index (χ4n) is 1.89. The van der Waals surface area contributed by atoms with E-state index in [0.29, 0.717) is 13.0 Å². The molecule has 1 N–H and O–H groups in total. The molecule has 1 aliphatic rings. The number of nitrogens with one attached hydrogen (secondary N) is 1. The Kier molecular flexibility index (Phi) is 5.17. The number of piperazine rings is 1. The molecule has 0 bridgehead atoms. The maximum atomic E-state index is 11.5. The van der Waals surface area contributed by atoms with Crippen LogP contribution < -0.4 is 4.72 Å². The summed E-state index contributed by atoms with van der Waals surface area (Å²) >= 11 is 0. The Balaban J connectivity index is 2.41. The molecule has 1 unspecified atom stereocenters. The zero-order valence-electron chi connectivity index (χ0n) is 10.4. The van der Waals surface area contributed by atoms with Crippen molar-refractivity contribution < 1.29 is 8.42 Å². The molecule has 1 heterocycles. The molecule has 6 heteroatoms. The molecule has 0 amide bonds. The highest BCUT2D eigenvalue weighted by molar-refractivity contribution is 7.89. The largest absolute Gasteiger partial charge is 0.303 e. The third kappa shape index (κ3) is 4.37. The van der Waals surface area contributed by atoms with Crippen molar-refractivity contribution in [3.05, 3.63) is 0 Å². The van der Waals surface area contributed by atoms with Gasteiger partial charge in [0.2, 0.25) is 10.0 Å². The zero-order valence-corrected chi connectivity index (χ0v) is 11.3. The quantitative estimate of drug-likeness (QED) is 0.718. The van der Waals surface area contributed by atoms with Crippen molar-refractivity contribution in [2.75, 3.05) is 46.0 Å². The van der Waals surface area contributed by atoms with Crippen molar-refractivity contribution in [2.45, 2.75) is 19.4 Å². The number of likely N-dealkylation sites (N-methyl/N-ethyl adjacent to an activating group) is 2. The van der Waals surface area contributed by atoms with E-state index in [1.165, 1.54) is 0 Å². The van der Waals surface area contributed by atoms with Crippen molar-refractivity contribution in [3.63, 3.8) is 0 Å². The Hall–Kier alpha value is -0.170. The van der Waals surface area contributed by atoms with Gasteiger partial charge in [-0.1, -0.05) is 6.92 Å². The molecular formula is C10H23N3O2S. The molecule has 0 aromatic heterocycles. The Labute approximate surface area is 98.8 Å². The Morgan fingerprint density at radius 2 is 2.00 bits per heavy atom. The van der Waals surface area contributed by atoms with E-state index >= 15 is 0 Å². The molecule has 5 nitrogen and oxygen atoms in total. The maximum Gasteiger partial charge on any atom is 0.211 e. The van der Waals surface area contributed by atoms with Gasteiger partial charge < -0.3 is 4.90 Å². The summed E-state index contributed by atoms with van der Waals surface area (Å²) in [6.07, 6.45) is 0.662. The van der Waals surface area contributed by atoms with E-state index in [2.05, 4.69) is 21.6 Å². The van der Waals surface area contributed by atoms with E-state index < -0.39 is 10.0 Å². The fraction of sp³-hybridized carbons (Fsp3) is 1.00. The van der Waals surface area contributed by atoms with Crippen molar-refractivity contribution in [2.24, 2.45) is 0 Å². The Morgan fingerprint density at radius 3 is 2.62 bits per heavy atom. The van der Waals surface area contributed by atoms with E-state index in [1.54, 1.807) is 0 Å². The minimum atomic E-state index is -3.07. The number of rotatable bonds is 5. The average molecular weight is 249 g/mol. The third-order valence-electron chi connectivity index (χ3n) is 2.99. The lowest BCUT2D eigenvalue weighted by molar-refractivity contribution is 0.117. The van der Waals surface area contributed by atoms with Gasteiger partial charge in [-0.05, 0) is 20.5 Å². The van der Waals surface area contributed by atoms with Gasteiger partial charge in [0.05, 0.1) is 5.75 Å². The maximum absolute atomic E-state index is 11.5. The van der Waals surface area contributed by atoms with Crippen molar-refractivity contribution in [1.82, 2.24) is 14.5 Å². The van der Waals surface area contributed by atoms with Crippen LogP contribution in [0.2, 0.25) is 0 Å². The molecule has 0 saturated carbocycles. The van der Waals surface area contributed by atoms with Crippen molar-refractivity contribution >= 4 is 10.0 Å². The first-order valence-electron chi connectivity index (χ1n) is 5.80. The number of hydrogen-bond donors (Lipinski definition) is 1. The Morgan fingerprint density at radius 1 is 1.31 bits per heavy atom. The first-order chi connectivity index (χ1) is 7.44. The first-order valence-corrected chi connectivity index (χ1v) is 7.46. The summed E-state index contributed by atoms with van der Waals surface area (Å²) in [7, 11) is 1.05. The van der Waals surface area contributed by atoms with Crippen LogP contribution >= 0.6 is 0 Å². The van der Waals surface area contributed by atoms with E-state index in [1.807, 2.05) is 14.0 Å². The third-order valence-corrected chi connectivity index (χ3v) is 4.54. The summed E-state index contributed by atoms with van der Waals surface area (Å²) in [5.74, 6) is 0.222. The second-order valence-corrected chi connectivity index (χ2v) is 6.49. The summed E-state index contributed by atoms with van der Waals surface area (Å²) in [6, 6.07) is 0.283. The van der Waals surface area contributed by atoms with Gasteiger partial charge in [0.15, 0.2) is 0 Å². The van der Waals surface area contributed by atoms with Crippen LogP contribution in [0.15, 0.2) is 0 Å². The van der Waals surface area contributed by atoms with E-state index in [4.69, 9.17) is 0 Å². The molecule has 1 rings (SSSR count). The summed E-state index contributed by atoms with van der Waals surface area (Å²) in [5, 5.41) is 0.